The molecule has 30 heavy (non-hydrogen) atoms. The summed E-state index contributed by atoms with van der Waals surface area (Å²) >= 11 is 0. The van der Waals surface area contributed by atoms with Crippen LogP contribution in [0.5, 0.6) is 11.5 Å². The SMILES string of the molecule is O=S(=O)(Cc1cc(Oc2ccc3c(c2)C2=NCCN2C=N3)ccc1F)N1CCCC1. The Morgan fingerprint density at radius 2 is 1.80 bits per heavy atom. The summed E-state index contributed by atoms with van der Waals surface area (Å²) in [6.45, 7) is 2.52. The predicted octanol–water partition coefficient (Wildman–Crippen LogP) is 3.28. The summed E-state index contributed by atoms with van der Waals surface area (Å²) in [5.41, 5.74) is 1.80. The van der Waals surface area contributed by atoms with Gasteiger partial charge in [0.25, 0.3) is 0 Å². The molecule has 0 radical (unpaired) electrons. The Labute approximate surface area is 174 Å². The second-order valence-corrected chi connectivity index (χ2v) is 9.51. The van der Waals surface area contributed by atoms with E-state index in [9.17, 15) is 12.8 Å². The molecule has 0 saturated carbocycles. The van der Waals surface area contributed by atoms with Crippen LogP contribution < -0.4 is 4.74 Å². The Bertz CT molecular complexity index is 1160. The number of benzene rings is 2. The van der Waals surface area contributed by atoms with Gasteiger partial charge in [-0.3, -0.25) is 4.99 Å². The second-order valence-electron chi connectivity index (χ2n) is 7.54. The van der Waals surface area contributed by atoms with Gasteiger partial charge >= 0.3 is 0 Å². The largest absolute Gasteiger partial charge is 0.457 e. The molecule has 7 nitrogen and oxygen atoms in total. The summed E-state index contributed by atoms with van der Waals surface area (Å²) in [6.07, 6.45) is 3.47. The van der Waals surface area contributed by atoms with Crippen molar-refractivity contribution in [1.29, 1.82) is 0 Å². The Kier molecular flexibility index (Phi) is 4.79. The van der Waals surface area contributed by atoms with Gasteiger partial charge < -0.3 is 9.64 Å². The van der Waals surface area contributed by atoms with Gasteiger partial charge in [-0.05, 0) is 49.2 Å². The van der Waals surface area contributed by atoms with Crippen LogP contribution in [0.15, 0.2) is 46.4 Å². The van der Waals surface area contributed by atoms with Crippen molar-refractivity contribution in [3.05, 3.63) is 53.3 Å². The van der Waals surface area contributed by atoms with E-state index in [0.717, 1.165) is 43.0 Å². The Morgan fingerprint density at radius 1 is 1.03 bits per heavy atom. The third kappa shape index (κ3) is 3.59. The highest BCUT2D eigenvalue weighted by Crippen LogP contribution is 2.33. The third-order valence-corrected chi connectivity index (χ3v) is 7.30. The van der Waals surface area contributed by atoms with E-state index in [-0.39, 0.29) is 11.3 Å². The second kappa shape index (κ2) is 7.48. The van der Waals surface area contributed by atoms with E-state index in [0.29, 0.717) is 24.6 Å². The molecule has 0 unspecified atom stereocenters. The molecule has 0 atom stereocenters. The standard InChI is InChI=1S/C21H21FN4O3S/c22-19-5-3-16(11-15(19)13-30(27,28)26-8-1-2-9-26)29-17-4-6-20-18(12-17)21-23-7-10-25(21)14-24-20/h3-6,11-12,14H,1-2,7-10,13H2. The van der Waals surface area contributed by atoms with Gasteiger partial charge in [0.05, 0.1) is 24.3 Å². The molecule has 1 saturated heterocycles. The predicted molar refractivity (Wildman–Crippen MR) is 113 cm³/mol. The van der Waals surface area contributed by atoms with Crippen molar-refractivity contribution in [2.24, 2.45) is 9.98 Å². The maximum Gasteiger partial charge on any atom is 0.218 e. The van der Waals surface area contributed by atoms with Gasteiger partial charge in [0.2, 0.25) is 10.0 Å². The number of hydrogen-bond acceptors (Lipinski definition) is 6. The number of halogens is 1. The minimum Gasteiger partial charge on any atom is -0.457 e. The molecule has 0 spiro atoms. The van der Waals surface area contributed by atoms with E-state index < -0.39 is 15.8 Å². The first-order valence-corrected chi connectivity index (χ1v) is 11.5. The number of fused-ring (bicyclic) bond motifs is 3. The smallest absolute Gasteiger partial charge is 0.218 e. The topological polar surface area (TPSA) is 74.6 Å². The van der Waals surface area contributed by atoms with Crippen LogP contribution in [0, 0.1) is 5.82 Å². The third-order valence-electron chi connectivity index (χ3n) is 5.47. The van der Waals surface area contributed by atoms with Crippen molar-refractivity contribution < 1.29 is 17.5 Å². The van der Waals surface area contributed by atoms with Crippen molar-refractivity contribution in [3.63, 3.8) is 0 Å². The highest BCUT2D eigenvalue weighted by atomic mass is 32.2. The molecule has 3 aliphatic heterocycles. The number of rotatable bonds is 5. The van der Waals surface area contributed by atoms with Crippen molar-refractivity contribution in [2.45, 2.75) is 18.6 Å². The van der Waals surface area contributed by atoms with Gasteiger partial charge in [-0.1, -0.05) is 0 Å². The molecule has 0 amide bonds. The number of nitrogens with zero attached hydrogens (tertiary/aromatic N) is 4. The molecule has 0 N–H and O–H groups in total. The molecule has 2 aromatic carbocycles. The van der Waals surface area contributed by atoms with Crippen molar-refractivity contribution >= 4 is 27.9 Å². The summed E-state index contributed by atoms with van der Waals surface area (Å²) in [5, 5.41) is 0. The van der Waals surface area contributed by atoms with E-state index in [1.165, 1.54) is 22.5 Å². The van der Waals surface area contributed by atoms with Crippen LogP contribution in [0.1, 0.15) is 24.0 Å². The van der Waals surface area contributed by atoms with Crippen molar-refractivity contribution in [1.82, 2.24) is 9.21 Å². The van der Waals surface area contributed by atoms with Crippen molar-refractivity contribution in [2.75, 3.05) is 26.2 Å². The fraction of sp³-hybridized carbons (Fsp3) is 0.333. The monoisotopic (exact) mass is 428 g/mol. The minimum absolute atomic E-state index is 0.105. The van der Waals surface area contributed by atoms with E-state index in [1.807, 2.05) is 17.0 Å². The Hall–Kier alpha value is -2.78. The molecule has 1 fully saturated rings. The molecule has 0 bridgehead atoms. The first-order valence-electron chi connectivity index (χ1n) is 9.93. The van der Waals surface area contributed by atoms with Crippen molar-refractivity contribution in [3.8, 4) is 11.5 Å². The molecule has 0 aliphatic carbocycles. The van der Waals surface area contributed by atoms with Crippen LogP contribution in [0.2, 0.25) is 0 Å². The summed E-state index contributed by atoms with van der Waals surface area (Å²) in [6, 6.07) is 9.69. The quantitative estimate of drug-likeness (QED) is 0.733. The van der Waals surface area contributed by atoms with Gasteiger partial charge in [0, 0.05) is 30.8 Å². The van der Waals surface area contributed by atoms with Gasteiger partial charge in [0.15, 0.2) is 0 Å². The molecule has 3 aliphatic rings. The molecule has 156 valence electrons. The lowest BCUT2D eigenvalue weighted by Gasteiger charge is -2.21. The zero-order valence-electron chi connectivity index (χ0n) is 16.3. The van der Waals surface area contributed by atoms with Crippen LogP contribution >= 0.6 is 0 Å². The average molecular weight is 428 g/mol. The summed E-state index contributed by atoms with van der Waals surface area (Å²) in [5.74, 6) is 0.872. The molecular weight excluding hydrogens is 407 g/mol. The minimum atomic E-state index is -3.55. The molecule has 2 aromatic rings. The number of ether oxygens (including phenoxy) is 1. The number of amidine groups is 1. The molecule has 9 heteroatoms. The Balaban J connectivity index is 1.39. The van der Waals surface area contributed by atoms with Crippen LogP contribution in [0.4, 0.5) is 10.1 Å². The fourth-order valence-corrected chi connectivity index (χ4v) is 5.54. The van der Waals surface area contributed by atoms with E-state index >= 15 is 0 Å². The first kappa shape index (κ1) is 19.2. The van der Waals surface area contributed by atoms with E-state index in [1.54, 1.807) is 12.4 Å². The highest BCUT2D eigenvalue weighted by molar-refractivity contribution is 7.88. The van der Waals surface area contributed by atoms with Gasteiger partial charge in [0.1, 0.15) is 23.2 Å². The maximum atomic E-state index is 14.3. The lowest BCUT2D eigenvalue weighted by atomic mass is 10.1. The normalized spacial score (nSPS) is 18.3. The van der Waals surface area contributed by atoms with E-state index in [4.69, 9.17) is 4.74 Å². The highest BCUT2D eigenvalue weighted by Gasteiger charge is 2.27. The Morgan fingerprint density at radius 3 is 2.63 bits per heavy atom. The van der Waals surface area contributed by atoms with Crippen LogP contribution in [0.3, 0.4) is 0 Å². The van der Waals surface area contributed by atoms with Crippen LogP contribution in [-0.2, 0) is 15.8 Å². The molecule has 0 aromatic heterocycles. The summed E-state index contributed by atoms with van der Waals surface area (Å²) < 4.78 is 46.8. The fourth-order valence-electron chi connectivity index (χ4n) is 3.93. The molecular formula is C21H21FN4O3S. The average Bonchev–Trinajstić information content (AvgIpc) is 3.42. The van der Waals surface area contributed by atoms with Gasteiger partial charge in [-0.25, -0.2) is 22.1 Å². The van der Waals surface area contributed by atoms with Crippen LogP contribution in [0.25, 0.3) is 0 Å². The number of sulfonamides is 1. The lowest BCUT2D eigenvalue weighted by molar-refractivity contribution is 0.472. The maximum absolute atomic E-state index is 14.3. The summed E-state index contributed by atoms with van der Waals surface area (Å²) in [4.78, 5) is 10.9. The lowest BCUT2D eigenvalue weighted by Crippen LogP contribution is -2.29. The summed E-state index contributed by atoms with van der Waals surface area (Å²) in [7, 11) is -3.55. The first-order chi connectivity index (χ1) is 14.5. The number of hydrogen-bond donors (Lipinski definition) is 0. The van der Waals surface area contributed by atoms with Gasteiger partial charge in [-0.15, -0.1) is 0 Å². The molecule has 5 rings (SSSR count). The van der Waals surface area contributed by atoms with Crippen LogP contribution in [-0.4, -0.2) is 56.0 Å². The zero-order chi connectivity index (χ0) is 20.7. The number of aliphatic imine (C=N–C) groups is 2. The van der Waals surface area contributed by atoms with Gasteiger partial charge in [-0.2, -0.15) is 0 Å². The molecule has 3 heterocycles. The van der Waals surface area contributed by atoms with E-state index in [2.05, 4.69) is 9.98 Å². The zero-order valence-corrected chi connectivity index (χ0v) is 17.1.